The number of aliphatic hydroxyl groups is 1. The molecule has 0 radical (unpaired) electrons. The quantitative estimate of drug-likeness (QED) is 0.295. The number of rotatable bonds is 8. The molecule has 35 heavy (non-hydrogen) atoms. The summed E-state index contributed by atoms with van der Waals surface area (Å²) in [6.45, 7) is 0.863. The number of carboxylic acids is 1. The van der Waals surface area contributed by atoms with Crippen molar-refractivity contribution < 1.29 is 24.5 Å². The normalized spacial score (nSPS) is 21.8. The Morgan fingerprint density at radius 3 is 2.66 bits per heavy atom. The van der Waals surface area contributed by atoms with Crippen LogP contribution in [0.5, 0.6) is 5.75 Å². The Bertz CT molecular complexity index is 1330. The van der Waals surface area contributed by atoms with Crippen molar-refractivity contribution in [1.82, 2.24) is 19.5 Å². The molecule has 11 heteroatoms. The van der Waals surface area contributed by atoms with Crippen molar-refractivity contribution in [2.75, 3.05) is 5.32 Å². The van der Waals surface area contributed by atoms with E-state index in [0.29, 0.717) is 30.1 Å². The Kier molecular flexibility index (Phi) is 6.27. The van der Waals surface area contributed by atoms with E-state index in [1.54, 1.807) is 0 Å². The van der Waals surface area contributed by atoms with Gasteiger partial charge in [-0.15, -0.1) is 0 Å². The number of aliphatic carboxylic acids is 1. The van der Waals surface area contributed by atoms with Crippen molar-refractivity contribution in [3.8, 4) is 5.75 Å². The first kappa shape index (κ1) is 22.7. The number of anilines is 1. The molecule has 1 saturated heterocycles. The monoisotopic (exact) mass is 476 g/mol. The van der Waals surface area contributed by atoms with Gasteiger partial charge in [-0.25, -0.2) is 19.7 Å². The third-order valence-electron chi connectivity index (χ3n) is 5.85. The largest absolute Gasteiger partial charge is 0.489 e. The van der Waals surface area contributed by atoms with Gasteiger partial charge >= 0.3 is 5.97 Å². The molecule has 2 aromatic heterocycles. The number of nitrogens with zero attached hydrogens (tertiary/aromatic N) is 4. The second kappa shape index (κ2) is 9.66. The van der Waals surface area contributed by atoms with Gasteiger partial charge < -0.3 is 30.7 Å². The SMILES string of the molecule is N[C@H]1[C@@H](O)[C@H](n2cnc3c(NCc4ccccc4OCc4ccccc4)ncnc32)O[C@@H]1C(=O)O. The van der Waals surface area contributed by atoms with Crippen LogP contribution in [0.2, 0.25) is 0 Å². The topological polar surface area (TPSA) is 158 Å². The summed E-state index contributed by atoms with van der Waals surface area (Å²) in [6.07, 6.45) is -0.832. The molecule has 3 heterocycles. The van der Waals surface area contributed by atoms with Gasteiger partial charge in [0.1, 0.15) is 24.8 Å². The van der Waals surface area contributed by atoms with Crippen molar-refractivity contribution in [3.05, 3.63) is 78.4 Å². The average Bonchev–Trinajstić information content (AvgIpc) is 3.43. The third-order valence-corrected chi connectivity index (χ3v) is 5.85. The van der Waals surface area contributed by atoms with Gasteiger partial charge in [-0.05, 0) is 11.6 Å². The Balaban J connectivity index is 1.34. The van der Waals surface area contributed by atoms with E-state index in [1.807, 2.05) is 54.6 Å². The molecule has 180 valence electrons. The number of fused-ring (bicyclic) bond motifs is 1. The Labute approximate surface area is 200 Å². The number of carbonyl (C=O) groups is 1. The zero-order valence-corrected chi connectivity index (χ0v) is 18.6. The molecule has 0 aliphatic carbocycles. The molecule has 0 bridgehead atoms. The Hall–Kier alpha value is -4.06. The number of nitrogens with two attached hydrogens (primary N) is 1. The summed E-state index contributed by atoms with van der Waals surface area (Å²) in [4.78, 5) is 24.3. The van der Waals surface area contributed by atoms with Crippen LogP contribution in [0.4, 0.5) is 5.82 Å². The summed E-state index contributed by atoms with van der Waals surface area (Å²) in [5.41, 5.74) is 8.65. The lowest BCUT2D eigenvalue weighted by molar-refractivity contribution is -0.152. The number of hydrogen-bond acceptors (Lipinski definition) is 9. The molecule has 0 saturated carbocycles. The van der Waals surface area contributed by atoms with Crippen molar-refractivity contribution in [3.63, 3.8) is 0 Å². The molecule has 0 amide bonds. The number of ether oxygens (including phenoxy) is 2. The molecule has 5 rings (SSSR count). The van der Waals surface area contributed by atoms with Crippen LogP contribution in [0.1, 0.15) is 17.4 Å². The molecular formula is C24H24N6O5. The lowest BCUT2D eigenvalue weighted by Gasteiger charge is -2.16. The maximum Gasteiger partial charge on any atom is 0.334 e. The number of hydrogen-bond donors (Lipinski definition) is 4. The molecule has 4 aromatic rings. The second-order valence-electron chi connectivity index (χ2n) is 8.14. The molecule has 4 atom stereocenters. The van der Waals surface area contributed by atoms with E-state index in [2.05, 4.69) is 20.3 Å². The van der Waals surface area contributed by atoms with Gasteiger partial charge in [0.15, 0.2) is 29.3 Å². The Morgan fingerprint density at radius 2 is 1.89 bits per heavy atom. The van der Waals surface area contributed by atoms with Gasteiger partial charge in [0.25, 0.3) is 0 Å². The highest BCUT2D eigenvalue weighted by molar-refractivity contribution is 5.82. The molecule has 5 N–H and O–H groups in total. The van der Waals surface area contributed by atoms with Crippen LogP contribution in [0, 0.1) is 0 Å². The minimum atomic E-state index is -1.33. The van der Waals surface area contributed by atoms with Crippen LogP contribution in [-0.2, 0) is 22.7 Å². The summed E-state index contributed by atoms with van der Waals surface area (Å²) in [6, 6.07) is 16.5. The molecule has 0 unspecified atom stereocenters. The van der Waals surface area contributed by atoms with Crippen molar-refractivity contribution in [2.24, 2.45) is 5.73 Å². The second-order valence-corrected chi connectivity index (χ2v) is 8.14. The van der Waals surface area contributed by atoms with Crippen LogP contribution in [0.15, 0.2) is 67.3 Å². The number of aromatic nitrogens is 4. The molecule has 1 aliphatic rings. The molecule has 1 aliphatic heterocycles. The van der Waals surface area contributed by atoms with E-state index in [-0.39, 0.29) is 0 Å². The van der Waals surface area contributed by atoms with E-state index in [4.69, 9.17) is 15.2 Å². The van der Waals surface area contributed by atoms with Gasteiger partial charge in [0, 0.05) is 12.1 Å². The van der Waals surface area contributed by atoms with Gasteiger partial charge in [-0.3, -0.25) is 4.57 Å². The molecule has 0 spiro atoms. The van der Waals surface area contributed by atoms with Crippen LogP contribution >= 0.6 is 0 Å². The number of para-hydroxylation sites is 1. The lowest BCUT2D eigenvalue weighted by atomic mass is 10.1. The van der Waals surface area contributed by atoms with E-state index >= 15 is 0 Å². The third kappa shape index (κ3) is 4.52. The first-order valence-electron chi connectivity index (χ1n) is 11.0. The van der Waals surface area contributed by atoms with Crippen LogP contribution in [0.25, 0.3) is 11.2 Å². The fourth-order valence-electron chi connectivity index (χ4n) is 4.02. The number of benzene rings is 2. The summed E-state index contributed by atoms with van der Waals surface area (Å²) in [5.74, 6) is -0.0253. The average molecular weight is 476 g/mol. The van der Waals surface area contributed by atoms with Gasteiger partial charge in [0.05, 0.1) is 12.4 Å². The fraction of sp³-hybridized carbons (Fsp3) is 0.250. The van der Waals surface area contributed by atoms with Crippen LogP contribution in [0.3, 0.4) is 0 Å². The summed E-state index contributed by atoms with van der Waals surface area (Å²) >= 11 is 0. The maximum atomic E-state index is 11.4. The van der Waals surface area contributed by atoms with Crippen molar-refractivity contribution >= 4 is 23.0 Å². The fourth-order valence-corrected chi connectivity index (χ4v) is 4.02. The zero-order chi connectivity index (χ0) is 24.4. The minimum Gasteiger partial charge on any atom is -0.489 e. The van der Waals surface area contributed by atoms with E-state index in [0.717, 1.165) is 16.9 Å². The van der Waals surface area contributed by atoms with Gasteiger partial charge in [0.2, 0.25) is 0 Å². The first-order chi connectivity index (χ1) is 17.0. The first-order valence-corrected chi connectivity index (χ1v) is 11.0. The molecule has 2 aromatic carbocycles. The molecular weight excluding hydrogens is 452 g/mol. The van der Waals surface area contributed by atoms with Gasteiger partial charge in [-0.2, -0.15) is 0 Å². The van der Waals surface area contributed by atoms with Crippen LogP contribution < -0.4 is 15.8 Å². The summed E-state index contributed by atoms with van der Waals surface area (Å²) in [7, 11) is 0. The van der Waals surface area contributed by atoms with Crippen molar-refractivity contribution in [1.29, 1.82) is 0 Å². The molecule has 11 nitrogen and oxygen atoms in total. The van der Waals surface area contributed by atoms with Crippen LogP contribution in [-0.4, -0.2) is 54.0 Å². The number of nitrogens with one attached hydrogen (secondary N) is 1. The predicted octanol–water partition coefficient (Wildman–Crippen LogP) is 1.69. The highest BCUT2D eigenvalue weighted by atomic mass is 16.6. The van der Waals surface area contributed by atoms with E-state index < -0.39 is 30.4 Å². The predicted molar refractivity (Wildman–Crippen MR) is 125 cm³/mol. The zero-order valence-electron chi connectivity index (χ0n) is 18.6. The number of aliphatic hydroxyl groups excluding tert-OH is 1. The summed E-state index contributed by atoms with van der Waals surface area (Å²) in [5, 5.41) is 23.0. The highest BCUT2D eigenvalue weighted by Crippen LogP contribution is 2.32. The standard InChI is InChI=1S/C24H24N6O5/c25-17-19(31)23(35-20(17)24(32)33)30-13-29-18-21(27-12-28-22(18)30)26-10-15-8-4-5-9-16(15)34-11-14-6-2-1-3-7-14/h1-9,12-13,17,19-20,23,31H,10-11,25H2,(H,32,33)(H,26,27,28)/t17-,19+,20-,23+/m0/s1. The minimum absolute atomic E-state index is 0.374. The number of imidazole rings is 1. The highest BCUT2D eigenvalue weighted by Gasteiger charge is 2.46. The van der Waals surface area contributed by atoms with Gasteiger partial charge in [-0.1, -0.05) is 48.5 Å². The molecule has 1 fully saturated rings. The smallest absolute Gasteiger partial charge is 0.334 e. The lowest BCUT2D eigenvalue weighted by Crippen LogP contribution is -2.43. The number of carboxylic acid groups (broad SMARTS) is 1. The maximum absolute atomic E-state index is 11.4. The van der Waals surface area contributed by atoms with E-state index in [1.165, 1.54) is 17.2 Å². The van der Waals surface area contributed by atoms with Crippen molar-refractivity contribution in [2.45, 2.75) is 37.6 Å². The summed E-state index contributed by atoms with van der Waals surface area (Å²) < 4.78 is 13.0. The van der Waals surface area contributed by atoms with E-state index in [9.17, 15) is 15.0 Å². The Morgan fingerprint density at radius 1 is 1.11 bits per heavy atom.